The van der Waals surface area contributed by atoms with Crippen molar-refractivity contribution in [1.82, 2.24) is 10.2 Å². The third-order valence-corrected chi connectivity index (χ3v) is 3.38. The predicted octanol–water partition coefficient (Wildman–Crippen LogP) is 1.51. The topological polar surface area (TPSA) is 75.4 Å². The Balaban J connectivity index is 2.46. The number of imide groups is 1. The minimum atomic E-state index is -0.398. The van der Waals surface area contributed by atoms with E-state index >= 15 is 0 Å². The molecule has 0 heterocycles. The Morgan fingerprint density at radius 3 is 2.63 bits per heavy atom. The number of benzene rings is 1. The summed E-state index contributed by atoms with van der Waals surface area (Å²) in [4.78, 5) is 24.2. The molecule has 0 fully saturated rings. The quantitative estimate of drug-likeness (QED) is 0.860. The molecule has 0 unspecified atom stereocenters. The minimum absolute atomic E-state index is 0.232. The highest BCUT2D eigenvalue weighted by molar-refractivity contribution is 9.10. The fourth-order valence-electron chi connectivity index (χ4n) is 1.63. The molecule has 0 spiro atoms. The van der Waals surface area contributed by atoms with Crippen LogP contribution in [0.15, 0.2) is 28.7 Å². The van der Waals surface area contributed by atoms with Crippen molar-refractivity contribution in [2.75, 3.05) is 19.6 Å². The van der Waals surface area contributed by atoms with Crippen molar-refractivity contribution in [2.24, 2.45) is 5.73 Å². The first-order chi connectivity index (χ1) is 9.06. The van der Waals surface area contributed by atoms with Crippen LogP contribution in [0.25, 0.3) is 0 Å². The van der Waals surface area contributed by atoms with Gasteiger partial charge in [-0.3, -0.25) is 9.69 Å². The number of nitrogens with one attached hydrogen (secondary N) is 1. The Bertz CT molecular complexity index is 451. The highest BCUT2D eigenvalue weighted by atomic mass is 79.9. The van der Waals surface area contributed by atoms with Crippen molar-refractivity contribution >= 4 is 27.9 Å². The van der Waals surface area contributed by atoms with E-state index in [0.717, 1.165) is 14.9 Å². The molecule has 19 heavy (non-hydrogen) atoms. The monoisotopic (exact) mass is 327 g/mol. The molecular formula is C13H18BrN3O2. The average molecular weight is 328 g/mol. The predicted molar refractivity (Wildman–Crippen MR) is 77.7 cm³/mol. The van der Waals surface area contributed by atoms with Gasteiger partial charge >= 0.3 is 6.03 Å². The maximum absolute atomic E-state index is 11.8. The summed E-state index contributed by atoms with van der Waals surface area (Å²) in [6.45, 7) is 2.31. The fraction of sp³-hybridized carbons (Fsp3) is 0.385. The molecule has 3 N–H and O–H groups in total. The Kier molecular flexibility index (Phi) is 6.52. The van der Waals surface area contributed by atoms with Gasteiger partial charge in [-0.25, -0.2) is 4.79 Å². The van der Waals surface area contributed by atoms with Gasteiger partial charge in [0.2, 0.25) is 5.91 Å². The lowest BCUT2D eigenvalue weighted by molar-refractivity contribution is -0.125. The van der Waals surface area contributed by atoms with Crippen LogP contribution in [-0.4, -0.2) is 36.5 Å². The number of amides is 3. The van der Waals surface area contributed by atoms with E-state index in [9.17, 15) is 9.59 Å². The molecule has 5 nitrogen and oxygen atoms in total. The molecular weight excluding hydrogens is 310 g/mol. The van der Waals surface area contributed by atoms with E-state index in [1.54, 1.807) is 0 Å². The summed E-state index contributed by atoms with van der Waals surface area (Å²) in [5.41, 5.74) is 6.47. The van der Waals surface area contributed by atoms with Gasteiger partial charge in [0, 0.05) is 31.0 Å². The molecule has 0 aliphatic rings. The molecule has 0 bridgehead atoms. The minimum Gasteiger partial charge on any atom is -0.337 e. The van der Waals surface area contributed by atoms with Gasteiger partial charge in [-0.15, -0.1) is 0 Å². The maximum atomic E-state index is 11.8. The zero-order valence-electron chi connectivity index (χ0n) is 10.9. The molecule has 0 aliphatic heterocycles. The highest BCUT2D eigenvalue weighted by Crippen LogP contribution is 2.15. The number of halogens is 1. The Labute approximate surface area is 121 Å². The second-order valence-electron chi connectivity index (χ2n) is 4.03. The number of nitrogens with zero attached hydrogens (tertiary/aromatic N) is 1. The van der Waals surface area contributed by atoms with Gasteiger partial charge in [0.25, 0.3) is 0 Å². The summed E-state index contributed by atoms with van der Waals surface area (Å²) in [6, 6.07) is 7.42. The molecule has 1 aromatic carbocycles. The van der Waals surface area contributed by atoms with Crippen LogP contribution in [0.5, 0.6) is 0 Å². The van der Waals surface area contributed by atoms with E-state index in [4.69, 9.17) is 5.73 Å². The van der Waals surface area contributed by atoms with Crippen LogP contribution in [0.2, 0.25) is 0 Å². The Morgan fingerprint density at radius 2 is 2.05 bits per heavy atom. The standard InChI is InChI=1S/C13H18BrN3O2/c1-10(18)17(9-7-15)13(19)16-8-6-11-4-2-3-5-12(11)14/h2-5H,6-9,15H2,1H3,(H,16,19). The van der Waals surface area contributed by atoms with E-state index in [1.165, 1.54) is 6.92 Å². The van der Waals surface area contributed by atoms with Crippen LogP contribution in [0.3, 0.4) is 0 Å². The summed E-state index contributed by atoms with van der Waals surface area (Å²) in [6.07, 6.45) is 0.696. The SMILES string of the molecule is CC(=O)N(CCN)C(=O)NCCc1ccccc1Br. The maximum Gasteiger partial charge on any atom is 0.324 e. The number of nitrogens with two attached hydrogens (primary N) is 1. The van der Waals surface area contributed by atoms with Gasteiger partial charge < -0.3 is 11.1 Å². The molecule has 3 amide bonds. The van der Waals surface area contributed by atoms with Crippen molar-refractivity contribution < 1.29 is 9.59 Å². The molecule has 1 aromatic rings. The third-order valence-electron chi connectivity index (χ3n) is 2.61. The lowest BCUT2D eigenvalue weighted by Gasteiger charge is -2.18. The van der Waals surface area contributed by atoms with Crippen LogP contribution in [-0.2, 0) is 11.2 Å². The Morgan fingerprint density at radius 1 is 1.37 bits per heavy atom. The van der Waals surface area contributed by atoms with Crippen LogP contribution in [0.4, 0.5) is 4.79 Å². The van der Waals surface area contributed by atoms with Crippen LogP contribution in [0.1, 0.15) is 12.5 Å². The molecule has 0 aliphatic carbocycles. The second kappa shape index (κ2) is 7.91. The van der Waals surface area contributed by atoms with Gasteiger partial charge in [0.15, 0.2) is 0 Å². The summed E-state index contributed by atoms with van der Waals surface area (Å²) < 4.78 is 1.01. The normalized spacial score (nSPS) is 10.1. The van der Waals surface area contributed by atoms with Crippen molar-refractivity contribution in [2.45, 2.75) is 13.3 Å². The first-order valence-corrected chi connectivity index (χ1v) is 6.85. The highest BCUT2D eigenvalue weighted by Gasteiger charge is 2.16. The summed E-state index contributed by atoms with van der Waals surface area (Å²) in [7, 11) is 0. The van der Waals surface area contributed by atoms with E-state index in [2.05, 4.69) is 21.2 Å². The van der Waals surface area contributed by atoms with Gasteiger partial charge in [-0.2, -0.15) is 0 Å². The number of rotatable bonds is 5. The summed E-state index contributed by atoms with van der Waals surface area (Å²) in [5.74, 6) is -0.302. The van der Waals surface area contributed by atoms with Crippen molar-refractivity contribution in [3.63, 3.8) is 0 Å². The van der Waals surface area contributed by atoms with E-state index in [0.29, 0.717) is 13.0 Å². The first-order valence-electron chi connectivity index (χ1n) is 6.05. The molecule has 104 valence electrons. The lowest BCUT2D eigenvalue weighted by atomic mass is 10.1. The Hall–Kier alpha value is -1.40. The number of carbonyl (C=O) groups excluding carboxylic acids is 2. The molecule has 6 heteroatoms. The molecule has 0 radical (unpaired) electrons. The molecule has 0 saturated heterocycles. The van der Waals surface area contributed by atoms with Crippen molar-refractivity contribution in [3.8, 4) is 0 Å². The summed E-state index contributed by atoms with van der Waals surface area (Å²) >= 11 is 3.45. The molecule has 1 rings (SSSR count). The van der Waals surface area contributed by atoms with Gasteiger partial charge in [-0.05, 0) is 18.1 Å². The van der Waals surface area contributed by atoms with Gasteiger partial charge in [-0.1, -0.05) is 34.1 Å². The molecule has 0 atom stereocenters. The van der Waals surface area contributed by atoms with Crippen LogP contribution < -0.4 is 11.1 Å². The summed E-state index contributed by atoms with van der Waals surface area (Å²) in [5, 5.41) is 2.71. The lowest BCUT2D eigenvalue weighted by Crippen LogP contribution is -2.45. The van der Waals surface area contributed by atoms with Gasteiger partial charge in [0.1, 0.15) is 0 Å². The van der Waals surface area contributed by atoms with E-state index in [-0.39, 0.29) is 19.0 Å². The second-order valence-corrected chi connectivity index (χ2v) is 4.89. The average Bonchev–Trinajstić information content (AvgIpc) is 2.37. The fourth-order valence-corrected chi connectivity index (χ4v) is 2.11. The largest absolute Gasteiger partial charge is 0.337 e. The van der Waals surface area contributed by atoms with E-state index < -0.39 is 6.03 Å². The van der Waals surface area contributed by atoms with Gasteiger partial charge in [0.05, 0.1) is 0 Å². The van der Waals surface area contributed by atoms with Crippen molar-refractivity contribution in [3.05, 3.63) is 34.3 Å². The number of hydrogen-bond acceptors (Lipinski definition) is 3. The van der Waals surface area contributed by atoms with Crippen LogP contribution >= 0.6 is 15.9 Å². The molecule has 0 saturated carbocycles. The smallest absolute Gasteiger partial charge is 0.324 e. The number of carbonyl (C=O) groups is 2. The zero-order chi connectivity index (χ0) is 14.3. The number of hydrogen-bond donors (Lipinski definition) is 2. The number of urea groups is 1. The zero-order valence-corrected chi connectivity index (χ0v) is 12.4. The first kappa shape index (κ1) is 15.7. The molecule has 0 aromatic heterocycles. The van der Waals surface area contributed by atoms with E-state index in [1.807, 2.05) is 24.3 Å². The van der Waals surface area contributed by atoms with Crippen molar-refractivity contribution in [1.29, 1.82) is 0 Å². The van der Waals surface area contributed by atoms with Crippen LogP contribution in [0, 0.1) is 0 Å². The third kappa shape index (κ3) is 5.00.